The smallest absolute Gasteiger partial charge is 0.303 e. The van der Waals surface area contributed by atoms with Gasteiger partial charge in [-0.3, -0.25) is 14.4 Å². The second kappa shape index (κ2) is 9.00. The van der Waals surface area contributed by atoms with Gasteiger partial charge >= 0.3 is 11.9 Å². The molecule has 26 heavy (non-hydrogen) atoms. The Balaban J connectivity index is 2.01. The molecule has 0 aromatic heterocycles. The second-order valence-electron chi connectivity index (χ2n) is 5.63. The molecule has 1 heterocycles. The van der Waals surface area contributed by atoms with Gasteiger partial charge in [-0.15, -0.1) is 0 Å². The van der Waals surface area contributed by atoms with E-state index in [4.69, 9.17) is 18.9 Å². The molecular formula is C18H21NO7. The van der Waals surface area contributed by atoms with Gasteiger partial charge < -0.3 is 24.3 Å². The maximum Gasteiger partial charge on any atom is 0.303 e. The van der Waals surface area contributed by atoms with Gasteiger partial charge in [-0.2, -0.15) is 0 Å². The number of amides is 1. The van der Waals surface area contributed by atoms with E-state index in [1.165, 1.54) is 20.8 Å². The fraction of sp³-hybridized carbons (Fsp3) is 0.389. The van der Waals surface area contributed by atoms with Crippen molar-refractivity contribution in [2.75, 3.05) is 11.9 Å². The van der Waals surface area contributed by atoms with Crippen molar-refractivity contribution in [2.45, 2.75) is 39.3 Å². The molecule has 0 saturated carbocycles. The molecule has 1 aromatic rings. The largest absolute Gasteiger partial charge is 0.463 e. The standard InChI is InChI=1S/C18H21NO7/c1-11(20)19-14-4-6-15(7-5-14)25-18-9-8-16(24-13(3)22)17(26-18)10-23-12(2)21/h4-9,16-18H,10H2,1-3H3,(H,19,20)/t16-,17-,18-/m0/s1. The Hall–Kier alpha value is -2.87. The Morgan fingerprint density at radius 1 is 1.04 bits per heavy atom. The van der Waals surface area contributed by atoms with E-state index in [2.05, 4.69) is 5.32 Å². The lowest BCUT2D eigenvalue weighted by Gasteiger charge is -2.31. The molecule has 0 saturated heterocycles. The van der Waals surface area contributed by atoms with E-state index in [1.807, 2.05) is 0 Å². The van der Waals surface area contributed by atoms with Crippen LogP contribution in [0.15, 0.2) is 36.4 Å². The van der Waals surface area contributed by atoms with Gasteiger partial charge in [0.15, 0.2) is 0 Å². The lowest BCUT2D eigenvalue weighted by atomic mass is 10.1. The fourth-order valence-electron chi connectivity index (χ4n) is 2.28. The summed E-state index contributed by atoms with van der Waals surface area (Å²) in [6, 6.07) is 6.76. The summed E-state index contributed by atoms with van der Waals surface area (Å²) < 4.78 is 21.5. The molecule has 1 aliphatic heterocycles. The van der Waals surface area contributed by atoms with Crippen molar-refractivity contribution in [1.29, 1.82) is 0 Å². The van der Waals surface area contributed by atoms with Crippen LogP contribution in [-0.2, 0) is 28.6 Å². The third-order valence-corrected chi connectivity index (χ3v) is 3.31. The van der Waals surface area contributed by atoms with E-state index in [-0.39, 0.29) is 12.5 Å². The van der Waals surface area contributed by atoms with Gasteiger partial charge in [-0.25, -0.2) is 0 Å². The van der Waals surface area contributed by atoms with Crippen LogP contribution in [0.2, 0.25) is 0 Å². The Morgan fingerprint density at radius 2 is 1.73 bits per heavy atom. The van der Waals surface area contributed by atoms with Crippen LogP contribution in [0.4, 0.5) is 5.69 Å². The zero-order chi connectivity index (χ0) is 19.1. The molecule has 0 unspecified atom stereocenters. The van der Waals surface area contributed by atoms with Crippen molar-refractivity contribution in [3.8, 4) is 5.75 Å². The normalized spacial score (nSPS) is 21.6. The van der Waals surface area contributed by atoms with Gasteiger partial charge in [0.25, 0.3) is 0 Å². The van der Waals surface area contributed by atoms with Crippen LogP contribution in [0.25, 0.3) is 0 Å². The van der Waals surface area contributed by atoms with Crippen LogP contribution >= 0.6 is 0 Å². The van der Waals surface area contributed by atoms with Gasteiger partial charge in [0.1, 0.15) is 24.6 Å². The predicted octanol–water partition coefficient (Wildman–Crippen LogP) is 1.80. The number of carbonyl (C=O) groups is 3. The molecule has 1 amide bonds. The van der Waals surface area contributed by atoms with Crippen LogP contribution in [-0.4, -0.2) is 43.0 Å². The van der Waals surface area contributed by atoms with Crippen molar-refractivity contribution in [3.05, 3.63) is 36.4 Å². The number of rotatable bonds is 6. The lowest BCUT2D eigenvalue weighted by molar-refractivity contribution is -0.178. The van der Waals surface area contributed by atoms with Crippen molar-refractivity contribution >= 4 is 23.5 Å². The van der Waals surface area contributed by atoms with Gasteiger partial charge in [-0.05, 0) is 36.4 Å². The molecular weight excluding hydrogens is 342 g/mol. The first kappa shape index (κ1) is 19.5. The minimum absolute atomic E-state index is 0.0705. The highest BCUT2D eigenvalue weighted by molar-refractivity contribution is 5.88. The molecule has 0 fully saturated rings. The van der Waals surface area contributed by atoms with Crippen molar-refractivity contribution in [2.24, 2.45) is 0 Å². The number of nitrogens with one attached hydrogen (secondary N) is 1. The summed E-state index contributed by atoms with van der Waals surface area (Å²) >= 11 is 0. The lowest BCUT2D eigenvalue weighted by Crippen LogP contribution is -2.42. The first-order valence-corrected chi connectivity index (χ1v) is 8.02. The number of benzene rings is 1. The average Bonchev–Trinajstić information content (AvgIpc) is 2.55. The minimum atomic E-state index is -0.742. The number of hydrogen-bond donors (Lipinski definition) is 1. The monoisotopic (exact) mass is 363 g/mol. The summed E-state index contributed by atoms with van der Waals surface area (Å²) in [4.78, 5) is 33.3. The van der Waals surface area contributed by atoms with Crippen LogP contribution in [0.1, 0.15) is 20.8 Å². The SMILES string of the molecule is CC(=O)Nc1ccc(O[C@@H]2C=C[C@H](OC(C)=O)[C@H](COC(C)=O)O2)cc1. The Kier molecular flexibility index (Phi) is 6.74. The Bertz CT molecular complexity index is 683. The maximum absolute atomic E-state index is 11.2. The second-order valence-corrected chi connectivity index (χ2v) is 5.63. The van der Waals surface area contributed by atoms with E-state index in [9.17, 15) is 14.4 Å². The zero-order valence-electron chi connectivity index (χ0n) is 14.8. The number of ether oxygens (including phenoxy) is 4. The summed E-state index contributed by atoms with van der Waals surface area (Å²) in [6.07, 6.45) is 1.15. The van der Waals surface area contributed by atoms with E-state index in [0.29, 0.717) is 11.4 Å². The van der Waals surface area contributed by atoms with Crippen molar-refractivity contribution in [1.82, 2.24) is 0 Å². The van der Waals surface area contributed by atoms with Crippen LogP contribution in [0, 0.1) is 0 Å². The molecule has 0 spiro atoms. The first-order chi connectivity index (χ1) is 12.3. The summed E-state index contributed by atoms with van der Waals surface area (Å²) in [5, 5.41) is 2.66. The third-order valence-electron chi connectivity index (χ3n) is 3.31. The number of carbonyl (C=O) groups excluding carboxylic acids is 3. The Labute approximate surface area is 151 Å². The van der Waals surface area contributed by atoms with Crippen LogP contribution < -0.4 is 10.1 Å². The van der Waals surface area contributed by atoms with Gasteiger partial charge in [0.2, 0.25) is 12.2 Å². The molecule has 8 nitrogen and oxygen atoms in total. The minimum Gasteiger partial charge on any atom is -0.463 e. The topological polar surface area (TPSA) is 100 Å². The fourth-order valence-corrected chi connectivity index (χ4v) is 2.28. The number of anilines is 1. The van der Waals surface area contributed by atoms with E-state index in [1.54, 1.807) is 36.4 Å². The van der Waals surface area contributed by atoms with E-state index >= 15 is 0 Å². The molecule has 8 heteroatoms. The zero-order valence-corrected chi connectivity index (χ0v) is 14.8. The van der Waals surface area contributed by atoms with E-state index < -0.39 is 30.4 Å². The number of hydrogen-bond acceptors (Lipinski definition) is 7. The highest BCUT2D eigenvalue weighted by atomic mass is 16.7. The molecule has 0 bridgehead atoms. The van der Waals surface area contributed by atoms with E-state index in [0.717, 1.165) is 0 Å². The van der Waals surface area contributed by atoms with Gasteiger partial charge in [-0.1, -0.05) is 0 Å². The molecule has 0 aliphatic carbocycles. The molecule has 140 valence electrons. The van der Waals surface area contributed by atoms with Crippen LogP contribution in [0.3, 0.4) is 0 Å². The summed E-state index contributed by atoms with van der Waals surface area (Å²) in [5.41, 5.74) is 0.646. The molecule has 1 aliphatic rings. The molecule has 1 aromatic carbocycles. The Morgan fingerprint density at radius 3 is 2.31 bits per heavy atom. The highest BCUT2D eigenvalue weighted by Gasteiger charge is 2.31. The van der Waals surface area contributed by atoms with Crippen LogP contribution in [0.5, 0.6) is 5.75 Å². The summed E-state index contributed by atoms with van der Waals surface area (Å²) in [6.45, 7) is 3.92. The van der Waals surface area contributed by atoms with Gasteiger partial charge in [0, 0.05) is 26.5 Å². The van der Waals surface area contributed by atoms with Crippen molar-refractivity contribution < 1.29 is 33.3 Å². The number of esters is 2. The maximum atomic E-state index is 11.2. The molecule has 1 N–H and O–H groups in total. The highest BCUT2D eigenvalue weighted by Crippen LogP contribution is 2.22. The van der Waals surface area contributed by atoms with Crippen molar-refractivity contribution in [3.63, 3.8) is 0 Å². The van der Waals surface area contributed by atoms with Gasteiger partial charge in [0.05, 0.1) is 0 Å². The molecule has 3 atom stereocenters. The third kappa shape index (κ3) is 6.21. The first-order valence-electron chi connectivity index (χ1n) is 8.02. The molecule has 2 rings (SSSR count). The quantitative estimate of drug-likeness (QED) is 0.607. The predicted molar refractivity (Wildman–Crippen MR) is 91.4 cm³/mol. The average molecular weight is 363 g/mol. The summed E-state index contributed by atoms with van der Waals surface area (Å²) in [7, 11) is 0. The summed E-state index contributed by atoms with van der Waals surface area (Å²) in [5.74, 6) is -0.576. The molecule has 0 radical (unpaired) electrons.